The predicted molar refractivity (Wildman–Crippen MR) is 94.1 cm³/mol. The Bertz CT molecular complexity index is 573. The van der Waals surface area contributed by atoms with Gasteiger partial charge >= 0.3 is 0 Å². The minimum atomic E-state index is -0.747. The summed E-state index contributed by atoms with van der Waals surface area (Å²) in [5.74, 6) is -0.148. The van der Waals surface area contributed by atoms with Crippen molar-refractivity contribution >= 4 is 11.8 Å². The van der Waals surface area contributed by atoms with Crippen LogP contribution in [-0.2, 0) is 0 Å². The van der Waals surface area contributed by atoms with E-state index >= 15 is 0 Å². The van der Waals surface area contributed by atoms with Crippen LogP contribution in [0.3, 0.4) is 0 Å². The van der Waals surface area contributed by atoms with Crippen LogP contribution in [-0.4, -0.2) is 59.0 Å². The van der Waals surface area contributed by atoms with Crippen molar-refractivity contribution in [1.82, 2.24) is 9.80 Å². The first-order valence-corrected chi connectivity index (χ1v) is 8.77. The normalized spacial score (nSPS) is 16.0. The highest BCUT2D eigenvalue weighted by molar-refractivity contribution is 5.97. The molecule has 5 nitrogen and oxygen atoms in total. The van der Waals surface area contributed by atoms with Crippen molar-refractivity contribution in [3.8, 4) is 0 Å². The van der Waals surface area contributed by atoms with Crippen LogP contribution in [0.1, 0.15) is 60.2 Å². The van der Waals surface area contributed by atoms with Gasteiger partial charge in [0.15, 0.2) is 0 Å². The van der Waals surface area contributed by atoms with Crippen LogP contribution in [0.25, 0.3) is 0 Å². The second kappa shape index (κ2) is 7.79. The molecule has 1 fully saturated rings. The van der Waals surface area contributed by atoms with Gasteiger partial charge in [0, 0.05) is 37.8 Å². The second-order valence-electron chi connectivity index (χ2n) is 6.65. The molecule has 0 saturated heterocycles. The third kappa shape index (κ3) is 4.15. The van der Waals surface area contributed by atoms with Gasteiger partial charge in [-0.1, -0.05) is 12.8 Å². The van der Waals surface area contributed by atoms with E-state index in [4.69, 9.17) is 0 Å². The smallest absolute Gasteiger partial charge is 0.253 e. The molecular formula is C19H28N2O3. The number of rotatable bonds is 6. The molecule has 132 valence electrons. The monoisotopic (exact) mass is 332 g/mol. The molecule has 0 spiro atoms. The van der Waals surface area contributed by atoms with Crippen LogP contribution in [0.5, 0.6) is 0 Å². The Hall–Kier alpha value is -1.88. The summed E-state index contributed by atoms with van der Waals surface area (Å²) in [4.78, 5) is 28.1. The topological polar surface area (TPSA) is 60.9 Å². The Labute approximate surface area is 144 Å². The molecule has 0 radical (unpaired) electrons. The largest absolute Gasteiger partial charge is 0.388 e. The van der Waals surface area contributed by atoms with Crippen molar-refractivity contribution in [3.05, 3.63) is 35.4 Å². The lowest BCUT2D eigenvalue weighted by molar-refractivity contribution is 0.0157. The van der Waals surface area contributed by atoms with E-state index in [1.807, 2.05) is 13.8 Å². The zero-order valence-electron chi connectivity index (χ0n) is 14.9. The van der Waals surface area contributed by atoms with E-state index in [1.165, 1.54) is 0 Å². The molecule has 0 unspecified atom stereocenters. The summed E-state index contributed by atoms with van der Waals surface area (Å²) in [6, 6.07) is 6.78. The first kappa shape index (κ1) is 18.5. The Morgan fingerprint density at radius 2 is 1.46 bits per heavy atom. The minimum absolute atomic E-state index is 0.0207. The molecule has 24 heavy (non-hydrogen) atoms. The minimum Gasteiger partial charge on any atom is -0.388 e. The average molecular weight is 332 g/mol. The Morgan fingerprint density at radius 3 is 1.92 bits per heavy atom. The van der Waals surface area contributed by atoms with Crippen molar-refractivity contribution in [2.24, 2.45) is 0 Å². The number of benzene rings is 1. The molecule has 1 aromatic rings. The van der Waals surface area contributed by atoms with E-state index < -0.39 is 5.60 Å². The van der Waals surface area contributed by atoms with Crippen molar-refractivity contribution in [2.45, 2.75) is 45.1 Å². The third-order valence-electron chi connectivity index (χ3n) is 4.84. The number of nitrogens with zero attached hydrogens (tertiary/aromatic N) is 2. The number of aliphatic hydroxyl groups is 1. The zero-order chi connectivity index (χ0) is 17.7. The van der Waals surface area contributed by atoms with Crippen molar-refractivity contribution < 1.29 is 14.7 Å². The molecule has 0 bridgehead atoms. The fourth-order valence-corrected chi connectivity index (χ4v) is 3.37. The molecule has 2 amide bonds. The summed E-state index contributed by atoms with van der Waals surface area (Å²) >= 11 is 0. The molecule has 0 heterocycles. The SMILES string of the molecule is CCN(CC)C(=O)c1ccc(C(=O)N(C)CC2(O)CCCC2)cc1. The van der Waals surface area contributed by atoms with E-state index in [0.29, 0.717) is 30.8 Å². The van der Waals surface area contributed by atoms with Gasteiger partial charge in [0.1, 0.15) is 0 Å². The summed E-state index contributed by atoms with van der Waals surface area (Å²) < 4.78 is 0. The number of likely N-dealkylation sites (N-methyl/N-ethyl adjacent to an activating group) is 1. The lowest BCUT2D eigenvalue weighted by Gasteiger charge is -2.28. The average Bonchev–Trinajstić information content (AvgIpc) is 3.01. The number of hydrogen-bond donors (Lipinski definition) is 1. The molecule has 0 aliphatic heterocycles. The van der Waals surface area contributed by atoms with Crippen molar-refractivity contribution in [2.75, 3.05) is 26.7 Å². The summed E-state index contributed by atoms with van der Waals surface area (Å²) in [6.45, 7) is 5.57. The maximum absolute atomic E-state index is 12.5. The first-order valence-electron chi connectivity index (χ1n) is 8.77. The van der Waals surface area contributed by atoms with Gasteiger partial charge < -0.3 is 14.9 Å². The first-order chi connectivity index (χ1) is 11.4. The third-order valence-corrected chi connectivity index (χ3v) is 4.84. The zero-order valence-corrected chi connectivity index (χ0v) is 14.9. The summed E-state index contributed by atoms with van der Waals surface area (Å²) in [5, 5.41) is 10.4. The number of carbonyl (C=O) groups excluding carboxylic acids is 2. The fraction of sp³-hybridized carbons (Fsp3) is 0.579. The predicted octanol–water partition coefficient (Wildman–Crippen LogP) is 2.55. The number of amides is 2. The lowest BCUT2D eigenvalue weighted by Crippen LogP contribution is -2.42. The second-order valence-corrected chi connectivity index (χ2v) is 6.65. The van der Waals surface area contributed by atoms with Crippen LogP contribution < -0.4 is 0 Å². The number of carbonyl (C=O) groups is 2. The van der Waals surface area contributed by atoms with Gasteiger partial charge in [-0.2, -0.15) is 0 Å². The Morgan fingerprint density at radius 1 is 1.00 bits per heavy atom. The summed E-state index contributed by atoms with van der Waals surface area (Å²) in [5.41, 5.74) is 0.380. The van der Waals surface area contributed by atoms with Crippen LogP contribution in [0.2, 0.25) is 0 Å². The molecule has 0 aromatic heterocycles. The highest BCUT2D eigenvalue weighted by Gasteiger charge is 2.33. The standard InChI is InChI=1S/C19H28N2O3/c1-4-21(5-2)18(23)16-10-8-15(9-11-16)17(22)20(3)14-19(24)12-6-7-13-19/h8-11,24H,4-7,12-14H2,1-3H3. The van der Waals surface area contributed by atoms with Gasteiger partial charge in [-0.3, -0.25) is 9.59 Å². The van der Waals surface area contributed by atoms with E-state index in [1.54, 1.807) is 41.1 Å². The van der Waals surface area contributed by atoms with Gasteiger partial charge in [-0.15, -0.1) is 0 Å². The maximum atomic E-state index is 12.5. The van der Waals surface area contributed by atoms with E-state index in [2.05, 4.69) is 0 Å². The Kier molecular flexibility index (Phi) is 5.99. The molecule has 1 aliphatic carbocycles. The lowest BCUT2D eigenvalue weighted by atomic mass is 10.0. The molecule has 1 N–H and O–H groups in total. The molecule has 1 aromatic carbocycles. The Balaban J connectivity index is 2.04. The van der Waals surface area contributed by atoms with Crippen LogP contribution in [0.15, 0.2) is 24.3 Å². The van der Waals surface area contributed by atoms with Crippen LogP contribution in [0.4, 0.5) is 0 Å². The molecule has 2 rings (SSSR count). The van der Waals surface area contributed by atoms with Gasteiger partial charge in [0.05, 0.1) is 5.60 Å². The molecule has 1 aliphatic rings. The highest BCUT2D eigenvalue weighted by atomic mass is 16.3. The maximum Gasteiger partial charge on any atom is 0.253 e. The van der Waals surface area contributed by atoms with Crippen LogP contribution in [0, 0.1) is 0 Å². The van der Waals surface area contributed by atoms with E-state index in [-0.39, 0.29) is 11.8 Å². The quantitative estimate of drug-likeness (QED) is 0.871. The van der Waals surface area contributed by atoms with Gasteiger partial charge in [-0.25, -0.2) is 0 Å². The fourth-order valence-electron chi connectivity index (χ4n) is 3.37. The van der Waals surface area contributed by atoms with Crippen molar-refractivity contribution in [1.29, 1.82) is 0 Å². The van der Waals surface area contributed by atoms with Gasteiger partial charge in [-0.05, 0) is 51.0 Å². The van der Waals surface area contributed by atoms with E-state index in [0.717, 1.165) is 25.7 Å². The summed E-state index contributed by atoms with van der Waals surface area (Å²) in [7, 11) is 1.72. The molecule has 0 atom stereocenters. The number of hydrogen-bond acceptors (Lipinski definition) is 3. The van der Waals surface area contributed by atoms with Crippen molar-refractivity contribution in [3.63, 3.8) is 0 Å². The molecular weight excluding hydrogens is 304 g/mol. The highest BCUT2D eigenvalue weighted by Crippen LogP contribution is 2.30. The molecule has 1 saturated carbocycles. The van der Waals surface area contributed by atoms with E-state index in [9.17, 15) is 14.7 Å². The molecule has 5 heteroatoms. The van der Waals surface area contributed by atoms with Gasteiger partial charge in [0.25, 0.3) is 11.8 Å². The summed E-state index contributed by atoms with van der Waals surface area (Å²) in [6.07, 6.45) is 3.53. The van der Waals surface area contributed by atoms with Gasteiger partial charge in [0.2, 0.25) is 0 Å². The van der Waals surface area contributed by atoms with Crippen LogP contribution >= 0.6 is 0 Å².